The van der Waals surface area contributed by atoms with Gasteiger partial charge in [-0.05, 0) is 33.6 Å². The van der Waals surface area contributed by atoms with Crippen LogP contribution in [0.25, 0.3) is 0 Å². The molecule has 94 valence electrons. The molecule has 1 atom stereocenters. The molecule has 0 aliphatic carbocycles. The molecule has 1 aliphatic rings. The number of ether oxygens (including phenoxy) is 1. The molecule has 0 spiro atoms. The lowest BCUT2D eigenvalue weighted by atomic mass is 10.1. The topological polar surface area (TPSA) is 59.6 Å². The number of hydrogen-bond acceptors (Lipinski definition) is 4. The van der Waals surface area contributed by atoms with E-state index >= 15 is 0 Å². The number of alkyl halides is 1. The van der Waals surface area contributed by atoms with Crippen LogP contribution < -0.4 is 15.8 Å². The van der Waals surface area contributed by atoms with E-state index in [0.717, 1.165) is 10.0 Å². The van der Waals surface area contributed by atoms with E-state index < -0.39 is 6.67 Å². The molecule has 1 heterocycles. The lowest BCUT2D eigenvalue weighted by Gasteiger charge is -2.13. The first-order valence-electron chi connectivity index (χ1n) is 5.25. The Hall–Kier alpha value is -1.30. The van der Waals surface area contributed by atoms with Gasteiger partial charge in [-0.3, -0.25) is 4.99 Å². The number of aliphatic imine (C=N–C) groups is 1. The van der Waals surface area contributed by atoms with Crippen LogP contribution in [-0.4, -0.2) is 25.8 Å². The smallest absolute Gasteiger partial charge is 0.189 e. The monoisotopic (exact) mass is 302 g/mol. The van der Waals surface area contributed by atoms with Crippen LogP contribution in [0.2, 0.25) is 0 Å². The molecule has 0 bridgehead atoms. The zero-order valence-corrected chi connectivity index (χ0v) is 10.7. The minimum atomic E-state index is -0.497. The van der Waals surface area contributed by atoms with Crippen LogP contribution in [0.5, 0.6) is 5.75 Å². The molecule has 3 N–H and O–H groups in total. The average molecular weight is 303 g/mol. The van der Waals surface area contributed by atoms with E-state index in [1.165, 1.54) is 0 Å². The molecule has 2 rings (SSSR count). The molecule has 1 aliphatic heterocycles. The van der Waals surface area contributed by atoms with Crippen molar-refractivity contribution in [1.29, 1.82) is 0 Å². The van der Waals surface area contributed by atoms with E-state index in [1.807, 2.05) is 18.2 Å². The molecule has 0 aromatic heterocycles. The number of rotatable bonds is 4. The van der Waals surface area contributed by atoms with Crippen molar-refractivity contribution in [1.82, 2.24) is 5.32 Å². The Bertz CT molecular complexity index is 444. The van der Waals surface area contributed by atoms with Gasteiger partial charge in [-0.1, -0.05) is 6.07 Å². The van der Waals surface area contributed by atoms with Gasteiger partial charge in [0.1, 0.15) is 19.0 Å². The third kappa shape index (κ3) is 2.88. The summed E-state index contributed by atoms with van der Waals surface area (Å²) < 4.78 is 18.0. The highest BCUT2D eigenvalue weighted by Crippen LogP contribution is 2.29. The molecule has 0 radical (unpaired) electrons. The molecular formula is C11H15BrFN3O. The van der Waals surface area contributed by atoms with Gasteiger partial charge in [0.15, 0.2) is 5.96 Å². The van der Waals surface area contributed by atoms with E-state index in [9.17, 15) is 4.39 Å². The molecule has 1 unspecified atom stereocenters. The summed E-state index contributed by atoms with van der Waals surface area (Å²) >= 11 is 3.40. The third-order valence-electron chi connectivity index (χ3n) is 2.46. The fourth-order valence-corrected chi connectivity index (χ4v) is 2.16. The Balaban J connectivity index is 0.00000162. The highest BCUT2D eigenvalue weighted by atomic mass is 79.9. The summed E-state index contributed by atoms with van der Waals surface area (Å²) in [5.74, 6) is 1.10. The molecule has 0 amide bonds. The number of nitrogens with zero attached hydrogens (tertiary/aromatic N) is 1. The Kier molecular flexibility index (Phi) is 3.83. The molecule has 0 fully saturated rings. The SMILES string of the molecule is NC1=NCC(c2ccc(OCC[18F])c(Br)c2)N1.[HH]. The Morgan fingerprint density at radius 3 is 3.06 bits per heavy atom. The number of halogens is 2. The largest absolute Gasteiger partial charge is 0.490 e. The van der Waals surface area contributed by atoms with E-state index in [2.05, 4.69) is 26.2 Å². The molecule has 0 saturated carbocycles. The number of benzene rings is 1. The maximum absolute atomic E-state index is 12.0. The van der Waals surface area contributed by atoms with Gasteiger partial charge in [0.2, 0.25) is 0 Å². The predicted octanol–water partition coefficient (Wildman–Crippen LogP) is 2.00. The Morgan fingerprint density at radius 2 is 2.47 bits per heavy atom. The van der Waals surface area contributed by atoms with Gasteiger partial charge in [-0.15, -0.1) is 0 Å². The summed E-state index contributed by atoms with van der Waals surface area (Å²) in [6.45, 7) is 0.196. The second-order valence-electron chi connectivity index (χ2n) is 3.65. The normalized spacial score (nSPS) is 18.7. The third-order valence-corrected chi connectivity index (χ3v) is 3.08. The van der Waals surface area contributed by atoms with Crippen molar-refractivity contribution in [3.63, 3.8) is 0 Å². The minimum absolute atomic E-state index is 0. The predicted molar refractivity (Wildman–Crippen MR) is 70.1 cm³/mol. The second kappa shape index (κ2) is 5.35. The minimum Gasteiger partial charge on any atom is -0.490 e. The summed E-state index contributed by atoms with van der Waals surface area (Å²) in [7, 11) is 0. The van der Waals surface area contributed by atoms with Gasteiger partial charge in [0, 0.05) is 1.43 Å². The van der Waals surface area contributed by atoms with E-state index in [-0.39, 0.29) is 14.1 Å². The summed E-state index contributed by atoms with van der Waals surface area (Å²) in [6.07, 6.45) is 0. The van der Waals surface area contributed by atoms with Crippen LogP contribution in [-0.2, 0) is 0 Å². The van der Waals surface area contributed by atoms with Gasteiger partial charge >= 0.3 is 0 Å². The molecule has 6 heteroatoms. The fraction of sp³-hybridized carbons (Fsp3) is 0.364. The fourth-order valence-electron chi connectivity index (χ4n) is 1.65. The van der Waals surface area contributed by atoms with E-state index in [1.54, 1.807) is 0 Å². The first-order valence-corrected chi connectivity index (χ1v) is 6.04. The molecule has 17 heavy (non-hydrogen) atoms. The van der Waals surface area contributed by atoms with Crippen molar-refractivity contribution in [3.8, 4) is 5.75 Å². The maximum Gasteiger partial charge on any atom is 0.189 e. The van der Waals surface area contributed by atoms with Crippen LogP contribution in [0.4, 0.5) is 4.39 Å². The van der Waals surface area contributed by atoms with E-state index in [0.29, 0.717) is 18.3 Å². The van der Waals surface area contributed by atoms with Crippen LogP contribution in [0.3, 0.4) is 0 Å². The highest BCUT2D eigenvalue weighted by molar-refractivity contribution is 9.10. The zero-order valence-electron chi connectivity index (χ0n) is 9.12. The standard InChI is InChI=1S/C11H13BrFN3O.H2/c12-8-5-7(9-6-15-11(14)16-9)1-2-10(8)17-4-3-13;/h1-2,5,9H,3-4,6H2,(H3,14,15,16);1H/i13-1;. The van der Waals surface area contributed by atoms with Crippen molar-refractivity contribution >= 4 is 21.9 Å². The van der Waals surface area contributed by atoms with E-state index in [4.69, 9.17) is 10.5 Å². The van der Waals surface area contributed by atoms with Crippen LogP contribution in [0.1, 0.15) is 13.0 Å². The first-order chi connectivity index (χ1) is 8.20. The van der Waals surface area contributed by atoms with Crippen molar-refractivity contribution in [2.24, 2.45) is 10.7 Å². The summed E-state index contributed by atoms with van der Waals surface area (Å²) in [5, 5.41) is 3.07. The van der Waals surface area contributed by atoms with Crippen LogP contribution in [0.15, 0.2) is 27.7 Å². The van der Waals surface area contributed by atoms with Gasteiger partial charge in [0.05, 0.1) is 17.1 Å². The van der Waals surface area contributed by atoms with Crippen molar-refractivity contribution in [3.05, 3.63) is 28.2 Å². The number of hydrogen-bond donors (Lipinski definition) is 2. The summed E-state index contributed by atoms with van der Waals surface area (Å²) in [4.78, 5) is 4.08. The molecular weight excluding hydrogens is 288 g/mol. The number of nitrogens with one attached hydrogen (secondary N) is 1. The summed E-state index contributed by atoms with van der Waals surface area (Å²) in [5.41, 5.74) is 6.62. The molecule has 0 saturated heterocycles. The lowest BCUT2D eigenvalue weighted by molar-refractivity contribution is 0.272. The van der Waals surface area contributed by atoms with Crippen molar-refractivity contribution in [2.45, 2.75) is 6.04 Å². The number of nitrogens with two attached hydrogens (primary N) is 1. The van der Waals surface area contributed by atoms with Gasteiger partial charge in [-0.2, -0.15) is 0 Å². The second-order valence-corrected chi connectivity index (χ2v) is 4.50. The average Bonchev–Trinajstić information content (AvgIpc) is 2.74. The zero-order chi connectivity index (χ0) is 12.3. The highest BCUT2D eigenvalue weighted by Gasteiger charge is 2.18. The summed E-state index contributed by atoms with van der Waals surface area (Å²) in [6, 6.07) is 5.76. The maximum atomic E-state index is 12.0. The quantitative estimate of drug-likeness (QED) is 0.894. The van der Waals surface area contributed by atoms with Crippen LogP contribution in [0, 0.1) is 0 Å². The Morgan fingerprint density at radius 1 is 1.65 bits per heavy atom. The lowest BCUT2D eigenvalue weighted by Crippen LogP contribution is -2.29. The van der Waals surface area contributed by atoms with Gasteiger partial charge < -0.3 is 15.8 Å². The van der Waals surface area contributed by atoms with Crippen molar-refractivity contribution in [2.75, 3.05) is 19.8 Å². The van der Waals surface area contributed by atoms with Crippen LogP contribution >= 0.6 is 15.9 Å². The Labute approximate surface area is 109 Å². The van der Waals surface area contributed by atoms with Gasteiger partial charge in [0.25, 0.3) is 0 Å². The molecule has 4 nitrogen and oxygen atoms in total. The molecule has 1 aromatic rings. The molecule has 1 aromatic carbocycles. The van der Waals surface area contributed by atoms with Gasteiger partial charge in [-0.25, -0.2) is 4.39 Å². The first kappa shape index (κ1) is 12.2. The number of guanidine groups is 1. The van der Waals surface area contributed by atoms with Crippen molar-refractivity contribution < 1.29 is 10.6 Å².